The van der Waals surface area contributed by atoms with Crippen LogP contribution >= 0.6 is 11.6 Å². The van der Waals surface area contributed by atoms with E-state index in [0.29, 0.717) is 5.88 Å². The second-order valence-corrected chi connectivity index (χ2v) is 5.31. The Kier molecular flexibility index (Phi) is 2.80. The van der Waals surface area contributed by atoms with Crippen molar-refractivity contribution in [3.63, 3.8) is 0 Å². The molecule has 0 aliphatic heterocycles. The van der Waals surface area contributed by atoms with Gasteiger partial charge in [0.15, 0.2) is 0 Å². The highest BCUT2D eigenvalue weighted by atomic mass is 35.5. The van der Waals surface area contributed by atoms with Crippen LogP contribution < -0.4 is 4.90 Å². The molecule has 0 atom stereocenters. The van der Waals surface area contributed by atoms with Gasteiger partial charge in [-0.25, -0.2) is 0 Å². The molecule has 3 nitrogen and oxygen atoms in total. The molecule has 1 aromatic rings. The number of anilines is 1. The maximum Gasteiger partial charge on any atom is 0.297 e. The molecular weight excluding hydrogens is 224 g/mol. The molecule has 1 heterocycles. The predicted octanol–water partition coefficient (Wildman–Crippen LogP) is 3.04. The average molecular weight is 241 g/mol. The fourth-order valence-electron chi connectivity index (χ4n) is 1.96. The molecule has 0 aromatic carbocycles. The molecular formula is C12H17ClN2O. The smallest absolute Gasteiger partial charge is 0.297 e. The molecule has 4 heteroatoms. The summed E-state index contributed by atoms with van der Waals surface area (Å²) in [6, 6.07) is 0.773. The van der Waals surface area contributed by atoms with Crippen molar-refractivity contribution in [2.75, 3.05) is 18.0 Å². The van der Waals surface area contributed by atoms with Gasteiger partial charge in [-0.1, -0.05) is 0 Å². The largest absolute Gasteiger partial charge is 0.432 e. The average Bonchev–Trinajstić information content (AvgIpc) is 3.21. The van der Waals surface area contributed by atoms with Gasteiger partial charge in [-0.3, -0.25) is 0 Å². The standard InChI is InChI=1S/C12H17ClN2O/c13-5-11-8-16-12(14-11)15(6-9-1-2-9)7-10-3-4-10/h8-10H,1-7H2. The summed E-state index contributed by atoms with van der Waals surface area (Å²) in [7, 11) is 0. The van der Waals surface area contributed by atoms with Crippen LogP contribution in [0, 0.1) is 11.8 Å². The Balaban J connectivity index is 1.68. The minimum atomic E-state index is 0.435. The van der Waals surface area contributed by atoms with Crippen molar-refractivity contribution in [3.8, 4) is 0 Å². The number of rotatable bonds is 6. The highest BCUT2D eigenvalue weighted by Gasteiger charge is 2.31. The third-order valence-corrected chi connectivity index (χ3v) is 3.57. The van der Waals surface area contributed by atoms with Gasteiger partial charge in [-0.2, -0.15) is 4.98 Å². The van der Waals surface area contributed by atoms with Crippen molar-refractivity contribution in [1.82, 2.24) is 4.98 Å². The van der Waals surface area contributed by atoms with Crippen LogP contribution in [0.5, 0.6) is 0 Å². The quantitative estimate of drug-likeness (QED) is 0.716. The molecule has 2 saturated carbocycles. The zero-order valence-corrected chi connectivity index (χ0v) is 10.1. The van der Waals surface area contributed by atoms with Gasteiger partial charge in [0.1, 0.15) is 6.26 Å². The van der Waals surface area contributed by atoms with Crippen molar-refractivity contribution in [2.24, 2.45) is 11.8 Å². The summed E-state index contributed by atoms with van der Waals surface area (Å²) in [6.45, 7) is 2.22. The first-order chi connectivity index (χ1) is 7.85. The van der Waals surface area contributed by atoms with Gasteiger partial charge in [-0.05, 0) is 37.5 Å². The molecule has 0 saturated heterocycles. The lowest BCUT2D eigenvalue weighted by Crippen LogP contribution is -2.28. The van der Waals surface area contributed by atoms with Crippen LogP contribution in [-0.2, 0) is 5.88 Å². The molecule has 16 heavy (non-hydrogen) atoms. The van der Waals surface area contributed by atoms with E-state index < -0.39 is 0 Å². The van der Waals surface area contributed by atoms with Gasteiger partial charge in [-0.15, -0.1) is 11.6 Å². The third-order valence-electron chi connectivity index (χ3n) is 3.30. The summed E-state index contributed by atoms with van der Waals surface area (Å²) in [6.07, 6.45) is 7.14. The number of oxazole rings is 1. The second kappa shape index (κ2) is 4.28. The molecule has 1 aromatic heterocycles. The molecule has 0 bridgehead atoms. The number of hydrogen-bond donors (Lipinski definition) is 0. The lowest BCUT2D eigenvalue weighted by molar-refractivity contribution is 0.517. The molecule has 0 N–H and O–H groups in total. The summed E-state index contributed by atoms with van der Waals surface area (Å²) < 4.78 is 5.51. The van der Waals surface area contributed by atoms with Crippen LogP contribution in [0.15, 0.2) is 10.7 Å². The molecule has 2 aliphatic carbocycles. The van der Waals surface area contributed by atoms with Crippen molar-refractivity contribution in [1.29, 1.82) is 0 Å². The van der Waals surface area contributed by atoms with E-state index in [4.69, 9.17) is 16.0 Å². The zero-order chi connectivity index (χ0) is 11.0. The summed E-state index contributed by atoms with van der Waals surface area (Å²) >= 11 is 5.74. The highest BCUT2D eigenvalue weighted by molar-refractivity contribution is 6.16. The van der Waals surface area contributed by atoms with E-state index in [9.17, 15) is 0 Å². The number of aromatic nitrogens is 1. The molecule has 88 valence electrons. The number of alkyl halides is 1. The maximum atomic E-state index is 5.74. The van der Waals surface area contributed by atoms with E-state index in [1.807, 2.05) is 0 Å². The van der Waals surface area contributed by atoms with Gasteiger partial charge in [0.2, 0.25) is 0 Å². The van der Waals surface area contributed by atoms with Crippen LogP contribution in [0.3, 0.4) is 0 Å². The molecule has 0 amide bonds. The second-order valence-electron chi connectivity index (χ2n) is 5.05. The van der Waals surface area contributed by atoms with E-state index >= 15 is 0 Å². The Morgan fingerprint density at radius 3 is 2.31 bits per heavy atom. The Labute approximate surface area is 101 Å². The van der Waals surface area contributed by atoms with Gasteiger partial charge in [0, 0.05) is 13.1 Å². The molecule has 2 fully saturated rings. The molecule has 2 aliphatic rings. The Hall–Kier alpha value is -0.700. The zero-order valence-electron chi connectivity index (χ0n) is 9.36. The van der Waals surface area contributed by atoms with E-state index in [0.717, 1.165) is 36.6 Å². The van der Waals surface area contributed by atoms with Crippen LogP contribution in [-0.4, -0.2) is 18.1 Å². The van der Waals surface area contributed by atoms with Gasteiger partial charge < -0.3 is 9.32 Å². The van der Waals surface area contributed by atoms with Gasteiger partial charge in [0.25, 0.3) is 6.01 Å². The van der Waals surface area contributed by atoms with Crippen LogP contribution in [0.4, 0.5) is 6.01 Å². The van der Waals surface area contributed by atoms with Crippen molar-refractivity contribution in [2.45, 2.75) is 31.6 Å². The number of hydrogen-bond acceptors (Lipinski definition) is 3. The summed E-state index contributed by atoms with van der Waals surface area (Å²) in [4.78, 5) is 6.73. The number of nitrogens with zero attached hydrogens (tertiary/aromatic N) is 2. The first-order valence-corrected chi connectivity index (χ1v) is 6.64. The Morgan fingerprint density at radius 2 is 1.88 bits per heavy atom. The van der Waals surface area contributed by atoms with Crippen LogP contribution in [0.2, 0.25) is 0 Å². The predicted molar refractivity (Wildman–Crippen MR) is 63.7 cm³/mol. The summed E-state index contributed by atoms with van der Waals surface area (Å²) in [5.74, 6) is 2.17. The van der Waals surface area contributed by atoms with E-state index in [1.165, 1.54) is 25.7 Å². The van der Waals surface area contributed by atoms with Crippen molar-refractivity contribution < 1.29 is 4.42 Å². The SMILES string of the molecule is ClCc1coc(N(CC2CC2)CC2CC2)n1. The highest BCUT2D eigenvalue weighted by Crippen LogP contribution is 2.35. The molecule has 3 rings (SSSR count). The van der Waals surface area contributed by atoms with Gasteiger partial charge >= 0.3 is 0 Å². The molecule has 0 radical (unpaired) electrons. The van der Waals surface area contributed by atoms with Crippen LogP contribution in [0.1, 0.15) is 31.4 Å². The molecule has 0 unspecified atom stereocenters. The summed E-state index contributed by atoms with van der Waals surface area (Å²) in [5.41, 5.74) is 0.841. The van der Waals surface area contributed by atoms with E-state index in [2.05, 4.69) is 9.88 Å². The van der Waals surface area contributed by atoms with Crippen molar-refractivity contribution >= 4 is 17.6 Å². The fourth-order valence-corrected chi connectivity index (χ4v) is 2.08. The monoisotopic (exact) mass is 240 g/mol. The van der Waals surface area contributed by atoms with Crippen LogP contribution in [0.25, 0.3) is 0 Å². The lowest BCUT2D eigenvalue weighted by Gasteiger charge is -2.19. The van der Waals surface area contributed by atoms with Gasteiger partial charge in [0.05, 0.1) is 11.6 Å². The first-order valence-electron chi connectivity index (χ1n) is 6.10. The minimum absolute atomic E-state index is 0.435. The summed E-state index contributed by atoms with van der Waals surface area (Å²) in [5, 5.41) is 0. The maximum absolute atomic E-state index is 5.74. The minimum Gasteiger partial charge on any atom is -0.432 e. The Bertz CT molecular complexity index is 344. The molecule has 0 spiro atoms. The third kappa shape index (κ3) is 2.51. The van der Waals surface area contributed by atoms with E-state index in [-0.39, 0.29) is 0 Å². The number of halogens is 1. The fraction of sp³-hybridized carbons (Fsp3) is 0.750. The lowest BCUT2D eigenvalue weighted by atomic mass is 10.3. The topological polar surface area (TPSA) is 29.3 Å². The van der Waals surface area contributed by atoms with Crippen molar-refractivity contribution in [3.05, 3.63) is 12.0 Å². The Morgan fingerprint density at radius 1 is 1.25 bits per heavy atom. The first kappa shape index (κ1) is 10.5. The van der Waals surface area contributed by atoms with E-state index in [1.54, 1.807) is 6.26 Å². The normalized spacial score (nSPS) is 20.1.